The fourth-order valence-corrected chi connectivity index (χ4v) is 1.34. The maximum absolute atomic E-state index is 11.0. The van der Waals surface area contributed by atoms with Gasteiger partial charge in [-0.2, -0.15) is 0 Å². The van der Waals surface area contributed by atoms with E-state index in [1.54, 1.807) is 6.92 Å². The van der Waals surface area contributed by atoms with E-state index in [-0.39, 0.29) is 0 Å². The van der Waals surface area contributed by atoms with Crippen molar-refractivity contribution in [1.82, 2.24) is 0 Å². The monoisotopic (exact) mass is 180 g/mol. The minimum atomic E-state index is -2.84. The third-order valence-electron chi connectivity index (χ3n) is 1.43. The molecule has 0 aromatic carbocycles. The van der Waals surface area contributed by atoms with Gasteiger partial charge >= 0.3 is 0 Å². The predicted octanol–water partition coefficient (Wildman–Crippen LogP) is 1.70. The molecule has 0 heterocycles. The zero-order chi connectivity index (χ0) is 8.74. The van der Waals surface area contributed by atoms with Gasteiger partial charge in [0.2, 0.25) is 7.37 Å². The molecule has 0 rings (SSSR count). The van der Waals surface area contributed by atoms with E-state index in [1.807, 2.05) is 6.92 Å². The molecule has 4 heteroatoms. The number of rotatable bonds is 6. The van der Waals surface area contributed by atoms with Crippen molar-refractivity contribution in [3.05, 3.63) is 0 Å². The quantitative estimate of drug-likeness (QED) is 0.500. The van der Waals surface area contributed by atoms with Crippen LogP contribution in [0.4, 0.5) is 0 Å². The average Bonchev–Trinajstić information content (AvgIpc) is 1.99. The molecule has 0 saturated carbocycles. The van der Waals surface area contributed by atoms with Crippen LogP contribution in [0.15, 0.2) is 0 Å². The number of ether oxygens (including phenoxy) is 1. The molecule has 0 saturated heterocycles. The molecule has 0 aromatic heterocycles. The maximum atomic E-state index is 11.0. The van der Waals surface area contributed by atoms with Crippen LogP contribution in [0.25, 0.3) is 0 Å². The highest BCUT2D eigenvalue weighted by Crippen LogP contribution is 2.38. The lowest BCUT2D eigenvalue weighted by molar-refractivity contribution is 0.148. The van der Waals surface area contributed by atoms with Gasteiger partial charge in [-0.25, -0.2) is 0 Å². The van der Waals surface area contributed by atoms with Gasteiger partial charge in [-0.3, -0.25) is 4.57 Å². The van der Waals surface area contributed by atoms with Crippen LogP contribution in [0.3, 0.4) is 0 Å². The number of hydrogen-bond acceptors (Lipinski definition) is 2. The molecular formula is C7H17O3P. The van der Waals surface area contributed by atoms with Gasteiger partial charge in [0.05, 0.1) is 6.61 Å². The van der Waals surface area contributed by atoms with Crippen LogP contribution in [-0.2, 0) is 9.30 Å². The summed E-state index contributed by atoms with van der Waals surface area (Å²) in [6, 6.07) is 0. The lowest BCUT2D eigenvalue weighted by Gasteiger charge is -2.08. The van der Waals surface area contributed by atoms with Crippen molar-refractivity contribution in [3.63, 3.8) is 0 Å². The molecule has 1 N–H and O–H groups in total. The third-order valence-corrected chi connectivity index (χ3v) is 3.30. The van der Waals surface area contributed by atoms with Gasteiger partial charge < -0.3 is 9.63 Å². The Morgan fingerprint density at radius 2 is 2.00 bits per heavy atom. The Kier molecular flexibility index (Phi) is 5.83. The SMILES string of the molecule is CCCOCCP(=O)(O)CC. The summed E-state index contributed by atoms with van der Waals surface area (Å²) in [5.41, 5.74) is 0. The Morgan fingerprint density at radius 1 is 1.36 bits per heavy atom. The summed E-state index contributed by atoms with van der Waals surface area (Å²) in [6.07, 6.45) is 1.61. The molecule has 68 valence electrons. The Hall–Kier alpha value is 0.150. The highest BCUT2D eigenvalue weighted by atomic mass is 31.2. The summed E-state index contributed by atoms with van der Waals surface area (Å²) < 4.78 is 16.1. The van der Waals surface area contributed by atoms with Crippen molar-refractivity contribution in [2.24, 2.45) is 0 Å². The molecule has 0 spiro atoms. The van der Waals surface area contributed by atoms with Gasteiger partial charge in [0.1, 0.15) is 0 Å². The van der Waals surface area contributed by atoms with Gasteiger partial charge in [0, 0.05) is 18.9 Å². The van der Waals surface area contributed by atoms with Gasteiger partial charge in [0.25, 0.3) is 0 Å². The summed E-state index contributed by atoms with van der Waals surface area (Å²) >= 11 is 0. The second-order valence-electron chi connectivity index (χ2n) is 2.50. The van der Waals surface area contributed by atoms with Crippen molar-refractivity contribution < 1.29 is 14.2 Å². The molecule has 11 heavy (non-hydrogen) atoms. The second-order valence-corrected chi connectivity index (χ2v) is 5.27. The first-order valence-corrected chi connectivity index (χ1v) is 6.04. The molecule has 0 aromatic rings. The zero-order valence-electron chi connectivity index (χ0n) is 7.25. The van der Waals surface area contributed by atoms with E-state index >= 15 is 0 Å². The molecule has 1 unspecified atom stereocenters. The van der Waals surface area contributed by atoms with E-state index in [2.05, 4.69) is 0 Å². The van der Waals surface area contributed by atoms with Crippen molar-refractivity contribution in [2.75, 3.05) is 25.5 Å². The van der Waals surface area contributed by atoms with Gasteiger partial charge in [-0.1, -0.05) is 13.8 Å². The van der Waals surface area contributed by atoms with Gasteiger partial charge in [-0.15, -0.1) is 0 Å². The third kappa shape index (κ3) is 6.54. The zero-order valence-corrected chi connectivity index (χ0v) is 8.14. The fraction of sp³-hybridized carbons (Fsp3) is 1.00. The van der Waals surface area contributed by atoms with Crippen molar-refractivity contribution in [2.45, 2.75) is 20.3 Å². The van der Waals surface area contributed by atoms with Crippen molar-refractivity contribution in [3.8, 4) is 0 Å². The molecule has 3 nitrogen and oxygen atoms in total. The lowest BCUT2D eigenvalue weighted by atomic mass is 10.5. The van der Waals surface area contributed by atoms with E-state index in [9.17, 15) is 4.57 Å². The van der Waals surface area contributed by atoms with E-state index < -0.39 is 7.37 Å². The fourth-order valence-electron chi connectivity index (χ4n) is 0.612. The van der Waals surface area contributed by atoms with Crippen LogP contribution in [-0.4, -0.2) is 30.4 Å². The van der Waals surface area contributed by atoms with E-state index in [0.717, 1.165) is 6.42 Å². The minimum absolute atomic E-state index is 0.295. The summed E-state index contributed by atoms with van der Waals surface area (Å²) in [5.74, 6) is 0. The molecule has 0 amide bonds. The standard InChI is InChI=1S/C7H17O3P/c1-3-5-10-6-7-11(8,9)4-2/h3-7H2,1-2H3,(H,8,9). The summed E-state index contributed by atoms with van der Waals surface area (Å²) in [7, 11) is -2.84. The Balaban J connectivity index is 3.31. The normalized spacial score (nSPS) is 16.3. The predicted molar refractivity (Wildman–Crippen MR) is 46.3 cm³/mol. The van der Waals surface area contributed by atoms with E-state index in [4.69, 9.17) is 9.63 Å². The lowest BCUT2D eigenvalue weighted by Crippen LogP contribution is -2.02. The smallest absolute Gasteiger partial charge is 0.202 e. The van der Waals surface area contributed by atoms with Crippen LogP contribution in [0, 0.1) is 0 Å². The average molecular weight is 180 g/mol. The molecule has 0 bridgehead atoms. The molecular weight excluding hydrogens is 163 g/mol. The first kappa shape index (κ1) is 11.2. The first-order chi connectivity index (χ1) is 5.12. The molecule has 0 fully saturated rings. The summed E-state index contributed by atoms with van der Waals surface area (Å²) in [5, 5.41) is 0. The van der Waals surface area contributed by atoms with E-state index in [1.165, 1.54) is 0 Å². The van der Waals surface area contributed by atoms with Crippen LogP contribution in [0.2, 0.25) is 0 Å². The van der Waals surface area contributed by atoms with Crippen LogP contribution < -0.4 is 0 Å². The topological polar surface area (TPSA) is 46.5 Å². The molecule has 0 aliphatic rings. The first-order valence-electron chi connectivity index (χ1n) is 4.01. The van der Waals surface area contributed by atoms with Crippen LogP contribution >= 0.6 is 7.37 Å². The van der Waals surface area contributed by atoms with Crippen molar-refractivity contribution in [1.29, 1.82) is 0 Å². The number of hydrogen-bond donors (Lipinski definition) is 1. The molecule has 0 aliphatic heterocycles. The molecule has 1 atom stereocenters. The largest absolute Gasteiger partial charge is 0.381 e. The Labute approximate surface area is 68.2 Å². The van der Waals surface area contributed by atoms with Gasteiger partial charge in [-0.05, 0) is 6.42 Å². The van der Waals surface area contributed by atoms with Crippen LogP contribution in [0.1, 0.15) is 20.3 Å². The summed E-state index contributed by atoms with van der Waals surface area (Å²) in [6.45, 7) is 4.83. The second kappa shape index (κ2) is 5.76. The van der Waals surface area contributed by atoms with Crippen molar-refractivity contribution >= 4 is 7.37 Å². The summed E-state index contributed by atoms with van der Waals surface area (Å²) in [4.78, 5) is 9.10. The van der Waals surface area contributed by atoms with Gasteiger partial charge in [0.15, 0.2) is 0 Å². The molecule has 0 aliphatic carbocycles. The highest BCUT2D eigenvalue weighted by Gasteiger charge is 2.13. The Bertz CT molecular complexity index is 136. The van der Waals surface area contributed by atoms with Crippen LogP contribution in [0.5, 0.6) is 0 Å². The minimum Gasteiger partial charge on any atom is -0.381 e. The molecule has 0 radical (unpaired) electrons. The Morgan fingerprint density at radius 3 is 2.45 bits per heavy atom. The highest BCUT2D eigenvalue weighted by molar-refractivity contribution is 7.57. The maximum Gasteiger partial charge on any atom is 0.202 e. The van der Waals surface area contributed by atoms with E-state index in [0.29, 0.717) is 25.5 Å².